The first kappa shape index (κ1) is 21.6. The molecule has 6 heteroatoms. The summed E-state index contributed by atoms with van der Waals surface area (Å²) in [6, 6.07) is 9.48. The highest BCUT2D eigenvalue weighted by Crippen LogP contribution is 2.43. The van der Waals surface area contributed by atoms with E-state index in [2.05, 4.69) is 24.9 Å². The average molecular weight is 436 g/mol. The van der Waals surface area contributed by atoms with Crippen molar-refractivity contribution >= 4 is 28.6 Å². The standard InChI is InChI=1S/C25H29N3O2S/c1-15-3-5-16(6-4-15)21-14-28(2)10-9-19(21)20-12-23(31-24(20)25(29)30)17-7-8-22(27)18(11-17)13-26/h7-8,11-12,15-16H,3-6,9-10,14,27H2,1-2H3,(H,29,30). The Morgan fingerprint density at radius 3 is 2.68 bits per heavy atom. The van der Waals surface area contributed by atoms with Crippen molar-refractivity contribution in [2.75, 3.05) is 25.9 Å². The molecule has 162 valence electrons. The summed E-state index contributed by atoms with van der Waals surface area (Å²) in [7, 11) is 2.15. The Kier molecular flexibility index (Phi) is 6.17. The number of benzene rings is 1. The van der Waals surface area contributed by atoms with Crippen LogP contribution in [0, 0.1) is 23.2 Å². The monoisotopic (exact) mass is 435 g/mol. The number of aromatic carboxylic acids is 1. The molecule has 0 bridgehead atoms. The van der Waals surface area contributed by atoms with Gasteiger partial charge in [0, 0.05) is 29.2 Å². The van der Waals surface area contributed by atoms with E-state index in [1.165, 1.54) is 48.2 Å². The van der Waals surface area contributed by atoms with E-state index in [-0.39, 0.29) is 0 Å². The van der Waals surface area contributed by atoms with Crippen LogP contribution in [0.2, 0.25) is 0 Å². The van der Waals surface area contributed by atoms with Crippen LogP contribution in [0.3, 0.4) is 0 Å². The maximum Gasteiger partial charge on any atom is 0.346 e. The number of thiophene rings is 1. The summed E-state index contributed by atoms with van der Waals surface area (Å²) in [5, 5.41) is 19.3. The van der Waals surface area contributed by atoms with Crippen molar-refractivity contribution in [1.82, 2.24) is 4.90 Å². The van der Waals surface area contributed by atoms with Crippen LogP contribution in [0.4, 0.5) is 5.69 Å². The first-order valence-corrected chi connectivity index (χ1v) is 11.8. The van der Waals surface area contributed by atoms with Gasteiger partial charge in [-0.3, -0.25) is 0 Å². The van der Waals surface area contributed by atoms with Gasteiger partial charge < -0.3 is 15.7 Å². The maximum absolute atomic E-state index is 12.2. The number of carboxylic acids is 1. The van der Waals surface area contributed by atoms with Crippen LogP contribution < -0.4 is 5.73 Å². The topological polar surface area (TPSA) is 90.3 Å². The quantitative estimate of drug-likeness (QED) is 0.620. The van der Waals surface area contributed by atoms with E-state index < -0.39 is 5.97 Å². The van der Waals surface area contributed by atoms with E-state index in [1.807, 2.05) is 12.1 Å². The molecule has 0 radical (unpaired) electrons. The molecule has 1 aliphatic carbocycles. The lowest BCUT2D eigenvalue weighted by Crippen LogP contribution is -2.31. The zero-order valence-corrected chi connectivity index (χ0v) is 19.0. The zero-order chi connectivity index (χ0) is 22.1. The molecule has 0 unspecified atom stereocenters. The van der Waals surface area contributed by atoms with E-state index in [4.69, 9.17) is 5.73 Å². The average Bonchev–Trinajstić information content (AvgIpc) is 3.20. The van der Waals surface area contributed by atoms with Crippen molar-refractivity contribution in [3.05, 3.63) is 45.8 Å². The minimum atomic E-state index is -0.884. The highest BCUT2D eigenvalue weighted by atomic mass is 32.1. The summed E-state index contributed by atoms with van der Waals surface area (Å²) in [5.74, 6) is 0.440. The van der Waals surface area contributed by atoms with Gasteiger partial charge in [0.15, 0.2) is 0 Å². The number of hydrogen-bond donors (Lipinski definition) is 2. The molecule has 0 atom stereocenters. The van der Waals surface area contributed by atoms with Crippen LogP contribution >= 0.6 is 11.3 Å². The van der Waals surface area contributed by atoms with Gasteiger partial charge in [-0.1, -0.05) is 25.8 Å². The summed E-state index contributed by atoms with van der Waals surface area (Å²) in [5.41, 5.74) is 11.1. The summed E-state index contributed by atoms with van der Waals surface area (Å²) < 4.78 is 0. The van der Waals surface area contributed by atoms with E-state index in [1.54, 1.807) is 12.1 Å². The van der Waals surface area contributed by atoms with E-state index in [9.17, 15) is 15.2 Å². The lowest BCUT2D eigenvalue weighted by molar-refractivity contribution is 0.0702. The molecule has 1 saturated carbocycles. The van der Waals surface area contributed by atoms with Crippen LogP contribution in [-0.2, 0) is 0 Å². The first-order chi connectivity index (χ1) is 14.9. The van der Waals surface area contributed by atoms with E-state index in [0.717, 1.165) is 41.4 Å². The van der Waals surface area contributed by atoms with Crippen molar-refractivity contribution in [2.24, 2.45) is 11.8 Å². The van der Waals surface area contributed by atoms with Crippen LogP contribution in [0.25, 0.3) is 16.0 Å². The van der Waals surface area contributed by atoms with Crippen LogP contribution in [0.15, 0.2) is 29.8 Å². The summed E-state index contributed by atoms with van der Waals surface area (Å²) in [6.07, 6.45) is 5.75. The third-order valence-electron chi connectivity index (χ3n) is 6.79. The van der Waals surface area contributed by atoms with Gasteiger partial charge in [0.05, 0.1) is 5.56 Å². The van der Waals surface area contributed by atoms with Crippen molar-refractivity contribution in [1.29, 1.82) is 5.26 Å². The number of nitrogen functional groups attached to an aromatic ring is 1. The van der Waals surface area contributed by atoms with Crippen molar-refractivity contribution in [3.63, 3.8) is 0 Å². The third kappa shape index (κ3) is 4.39. The number of likely N-dealkylation sites (N-methyl/N-ethyl adjacent to an activating group) is 1. The van der Waals surface area contributed by atoms with Crippen molar-refractivity contribution in [2.45, 2.75) is 39.0 Å². The summed E-state index contributed by atoms with van der Waals surface area (Å²) >= 11 is 1.29. The molecule has 0 spiro atoms. The number of carboxylic acid groups (broad SMARTS) is 1. The number of carbonyl (C=O) groups is 1. The Morgan fingerprint density at radius 2 is 2.00 bits per heavy atom. The molecule has 2 aliphatic rings. The Balaban J connectivity index is 1.81. The van der Waals surface area contributed by atoms with E-state index in [0.29, 0.717) is 22.0 Å². The van der Waals surface area contributed by atoms with Gasteiger partial charge in [0.25, 0.3) is 0 Å². The molecule has 0 amide bonds. The Morgan fingerprint density at radius 1 is 1.26 bits per heavy atom. The number of nitrogens with two attached hydrogens (primary N) is 1. The second kappa shape index (κ2) is 8.86. The Bertz CT molecular complexity index is 1070. The predicted octanol–water partition coefficient (Wildman–Crippen LogP) is 5.48. The SMILES string of the molecule is CC1CCC(C2=C(c3cc(-c4ccc(N)c(C#N)c4)sc3C(=O)O)CCN(C)C2)CC1. The fraction of sp³-hybridized carbons (Fsp3) is 0.440. The molecule has 31 heavy (non-hydrogen) atoms. The Hall–Kier alpha value is -2.62. The van der Waals surface area contributed by atoms with Gasteiger partial charge in [-0.25, -0.2) is 4.79 Å². The van der Waals surface area contributed by atoms with Gasteiger partial charge in [-0.2, -0.15) is 5.26 Å². The number of nitriles is 1. The highest BCUT2D eigenvalue weighted by molar-refractivity contribution is 7.17. The molecule has 2 heterocycles. The van der Waals surface area contributed by atoms with Crippen LogP contribution in [0.5, 0.6) is 0 Å². The van der Waals surface area contributed by atoms with Crippen LogP contribution in [-0.4, -0.2) is 36.1 Å². The third-order valence-corrected chi connectivity index (χ3v) is 7.96. The lowest BCUT2D eigenvalue weighted by atomic mass is 9.75. The largest absolute Gasteiger partial charge is 0.477 e. The minimum absolute atomic E-state index is 0.395. The second-order valence-corrected chi connectivity index (χ2v) is 10.1. The van der Waals surface area contributed by atoms with Gasteiger partial charge in [-0.05, 0) is 73.1 Å². The molecule has 2 aromatic rings. The smallest absolute Gasteiger partial charge is 0.346 e. The number of anilines is 1. The molecule has 5 nitrogen and oxygen atoms in total. The molecule has 4 rings (SSSR count). The second-order valence-electron chi connectivity index (χ2n) is 9.02. The number of rotatable bonds is 4. The van der Waals surface area contributed by atoms with Crippen LogP contribution in [0.1, 0.15) is 59.8 Å². The Labute approximate surface area is 187 Å². The van der Waals surface area contributed by atoms with Gasteiger partial charge in [0.1, 0.15) is 10.9 Å². The van der Waals surface area contributed by atoms with Crippen molar-refractivity contribution < 1.29 is 9.90 Å². The van der Waals surface area contributed by atoms with E-state index >= 15 is 0 Å². The molecule has 1 fully saturated rings. The maximum atomic E-state index is 12.2. The summed E-state index contributed by atoms with van der Waals surface area (Å²) in [4.78, 5) is 15.8. The lowest BCUT2D eigenvalue weighted by Gasteiger charge is -2.35. The highest BCUT2D eigenvalue weighted by Gasteiger charge is 2.30. The van der Waals surface area contributed by atoms with Gasteiger partial charge >= 0.3 is 5.97 Å². The van der Waals surface area contributed by atoms with Gasteiger partial charge in [-0.15, -0.1) is 11.3 Å². The normalized spacial score (nSPS) is 22.4. The van der Waals surface area contributed by atoms with Crippen molar-refractivity contribution in [3.8, 4) is 16.5 Å². The number of hydrogen-bond acceptors (Lipinski definition) is 5. The molecule has 0 saturated heterocycles. The predicted molar refractivity (Wildman–Crippen MR) is 126 cm³/mol. The summed E-state index contributed by atoms with van der Waals surface area (Å²) in [6.45, 7) is 4.18. The molecule has 1 aromatic carbocycles. The fourth-order valence-corrected chi connectivity index (χ4v) is 5.96. The zero-order valence-electron chi connectivity index (χ0n) is 18.1. The van der Waals surface area contributed by atoms with Gasteiger partial charge in [0.2, 0.25) is 0 Å². The minimum Gasteiger partial charge on any atom is -0.477 e. The molecule has 1 aromatic heterocycles. The molecule has 3 N–H and O–H groups in total. The molecular formula is C25H29N3O2S. The number of nitrogens with zero attached hydrogens (tertiary/aromatic N) is 2. The molecule has 1 aliphatic heterocycles. The fourth-order valence-electron chi connectivity index (χ4n) is 4.94. The molecular weight excluding hydrogens is 406 g/mol. The first-order valence-electron chi connectivity index (χ1n) is 10.9.